The number of hydrogen-bond acceptors (Lipinski definition) is 7. The Morgan fingerprint density at radius 3 is 2.66 bits per heavy atom. The number of amides is 1. The number of anilines is 1. The molecule has 0 fully saturated rings. The molecule has 1 aliphatic heterocycles. The van der Waals surface area contributed by atoms with Crippen molar-refractivity contribution in [1.29, 1.82) is 0 Å². The summed E-state index contributed by atoms with van der Waals surface area (Å²) in [6.45, 7) is 2.01. The highest BCUT2D eigenvalue weighted by Crippen LogP contribution is 2.46. The second-order valence-corrected chi connectivity index (χ2v) is 8.44. The van der Waals surface area contributed by atoms with E-state index in [9.17, 15) is 19.5 Å². The maximum atomic E-state index is 13.6. The summed E-state index contributed by atoms with van der Waals surface area (Å²) < 4.78 is 11.2. The molecule has 0 saturated heterocycles. The zero-order chi connectivity index (χ0) is 25.6. The standard InChI is InChI=1S/C26H32N2O7/c1-18(9-5-7-16-29)26(33)20-17-19(27-15-8-10-22(34-2)24(27)31)12-13-21(20)28(25(26)32)14-6-4-11-23(30)35-3/h5,8-10,12-13,15,17-18,29,33H,4,6-7,11,14,16H2,1-3H3/b9-5+/t18-,26+/m0/s1. The van der Waals surface area contributed by atoms with E-state index >= 15 is 0 Å². The Bertz CT molecular complexity index is 1160. The first-order valence-corrected chi connectivity index (χ1v) is 11.6. The summed E-state index contributed by atoms with van der Waals surface area (Å²) in [5.41, 5.74) is -0.792. The number of nitrogens with zero attached hydrogens (tertiary/aromatic N) is 2. The number of hydrogen-bond donors (Lipinski definition) is 2. The zero-order valence-corrected chi connectivity index (χ0v) is 20.3. The third-order valence-corrected chi connectivity index (χ3v) is 6.28. The van der Waals surface area contributed by atoms with Crippen LogP contribution in [0.4, 0.5) is 5.69 Å². The number of unbranched alkanes of at least 4 members (excludes halogenated alkanes) is 1. The first kappa shape index (κ1) is 26.2. The summed E-state index contributed by atoms with van der Waals surface area (Å²) >= 11 is 0. The zero-order valence-electron chi connectivity index (χ0n) is 20.3. The predicted octanol–water partition coefficient (Wildman–Crippen LogP) is 2.30. The third-order valence-electron chi connectivity index (χ3n) is 6.28. The van der Waals surface area contributed by atoms with Gasteiger partial charge in [0.25, 0.3) is 11.5 Å². The fourth-order valence-corrected chi connectivity index (χ4v) is 4.30. The van der Waals surface area contributed by atoms with Gasteiger partial charge in [0.1, 0.15) is 0 Å². The number of benzene rings is 1. The molecule has 0 saturated carbocycles. The average Bonchev–Trinajstić information content (AvgIpc) is 3.08. The van der Waals surface area contributed by atoms with Gasteiger partial charge in [-0.25, -0.2) is 0 Å². The smallest absolute Gasteiger partial charge is 0.305 e. The number of aromatic nitrogens is 1. The normalized spacial score (nSPS) is 18.1. The number of methoxy groups -OCH3 is 2. The third kappa shape index (κ3) is 5.16. The van der Waals surface area contributed by atoms with Gasteiger partial charge < -0.3 is 24.6 Å². The molecule has 0 spiro atoms. The van der Waals surface area contributed by atoms with Gasteiger partial charge in [-0.2, -0.15) is 0 Å². The van der Waals surface area contributed by atoms with Gasteiger partial charge in [0.05, 0.1) is 19.9 Å². The van der Waals surface area contributed by atoms with E-state index in [0.29, 0.717) is 42.7 Å². The minimum absolute atomic E-state index is 0.0403. The molecule has 188 valence electrons. The summed E-state index contributed by atoms with van der Waals surface area (Å²) in [6.07, 6.45) is 6.76. The molecule has 0 aliphatic carbocycles. The SMILES string of the molecule is COC(=O)CCCCN1C(=O)[C@@](O)([C@@H](C)/C=C/CCO)c2cc(-n3cccc(OC)c3=O)ccc21. The second-order valence-electron chi connectivity index (χ2n) is 8.44. The molecular weight excluding hydrogens is 452 g/mol. The summed E-state index contributed by atoms with van der Waals surface area (Å²) in [7, 11) is 2.75. The largest absolute Gasteiger partial charge is 0.491 e. The van der Waals surface area contributed by atoms with Crippen LogP contribution in [0.2, 0.25) is 0 Å². The van der Waals surface area contributed by atoms with Crippen LogP contribution in [-0.4, -0.2) is 54.0 Å². The Morgan fingerprint density at radius 2 is 1.97 bits per heavy atom. The first-order chi connectivity index (χ1) is 16.8. The Kier molecular flexibility index (Phi) is 8.48. The molecule has 3 rings (SSSR count). The number of rotatable bonds is 11. The minimum Gasteiger partial charge on any atom is -0.491 e. The summed E-state index contributed by atoms with van der Waals surface area (Å²) in [4.78, 5) is 39.3. The van der Waals surface area contributed by atoms with Crippen molar-refractivity contribution in [2.75, 3.05) is 32.3 Å². The van der Waals surface area contributed by atoms with Crippen molar-refractivity contribution in [3.8, 4) is 11.4 Å². The first-order valence-electron chi connectivity index (χ1n) is 11.6. The van der Waals surface area contributed by atoms with E-state index in [1.165, 1.54) is 23.7 Å². The number of aliphatic hydroxyl groups is 2. The van der Waals surface area contributed by atoms with Gasteiger partial charge in [0.15, 0.2) is 11.4 Å². The number of aliphatic hydroxyl groups excluding tert-OH is 1. The molecule has 1 amide bonds. The molecule has 1 aromatic carbocycles. The molecule has 35 heavy (non-hydrogen) atoms. The average molecular weight is 485 g/mol. The fraction of sp³-hybridized carbons (Fsp3) is 0.423. The lowest BCUT2D eigenvalue weighted by molar-refractivity contribution is -0.140. The van der Waals surface area contributed by atoms with Crippen molar-refractivity contribution in [3.63, 3.8) is 0 Å². The lowest BCUT2D eigenvalue weighted by atomic mass is 9.82. The van der Waals surface area contributed by atoms with E-state index < -0.39 is 17.4 Å². The van der Waals surface area contributed by atoms with E-state index in [1.807, 2.05) is 0 Å². The van der Waals surface area contributed by atoms with E-state index in [1.54, 1.807) is 55.6 Å². The van der Waals surface area contributed by atoms with Gasteiger partial charge in [-0.15, -0.1) is 0 Å². The molecular formula is C26H32N2O7. The van der Waals surface area contributed by atoms with Crippen LogP contribution in [0.15, 0.2) is 53.5 Å². The fourth-order valence-electron chi connectivity index (χ4n) is 4.30. The lowest BCUT2D eigenvalue weighted by Crippen LogP contribution is -2.44. The van der Waals surface area contributed by atoms with Gasteiger partial charge in [0.2, 0.25) is 0 Å². The van der Waals surface area contributed by atoms with E-state index in [2.05, 4.69) is 4.74 Å². The minimum atomic E-state index is -1.86. The predicted molar refractivity (Wildman–Crippen MR) is 131 cm³/mol. The number of carbonyl (C=O) groups excluding carboxylic acids is 2. The quantitative estimate of drug-likeness (QED) is 0.285. The highest BCUT2D eigenvalue weighted by molar-refractivity contribution is 6.07. The molecule has 0 bridgehead atoms. The Hall–Kier alpha value is -3.43. The Morgan fingerprint density at radius 1 is 1.20 bits per heavy atom. The van der Waals surface area contributed by atoms with E-state index in [4.69, 9.17) is 9.84 Å². The molecule has 2 N–H and O–H groups in total. The lowest BCUT2D eigenvalue weighted by Gasteiger charge is -2.28. The number of carbonyl (C=O) groups is 2. The summed E-state index contributed by atoms with van der Waals surface area (Å²) in [5.74, 6) is -1.21. The van der Waals surface area contributed by atoms with E-state index in [0.717, 1.165) is 0 Å². The highest BCUT2D eigenvalue weighted by Gasteiger charge is 2.52. The molecule has 2 atom stereocenters. The van der Waals surface area contributed by atoms with Crippen molar-refractivity contribution in [2.45, 2.75) is 38.2 Å². The Labute approximate surface area is 204 Å². The molecule has 1 aromatic heterocycles. The monoisotopic (exact) mass is 484 g/mol. The summed E-state index contributed by atoms with van der Waals surface area (Å²) in [6, 6.07) is 8.33. The number of fused-ring (bicyclic) bond motifs is 1. The molecule has 0 radical (unpaired) electrons. The van der Waals surface area contributed by atoms with Crippen molar-refractivity contribution >= 4 is 17.6 Å². The molecule has 9 heteroatoms. The van der Waals surface area contributed by atoms with Gasteiger partial charge in [-0.1, -0.05) is 19.1 Å². The molecule has 9 nitrogen and oxygen atoms in total. The maximum absolute atomic E-state index is 13.6. The van der Waals surface area contributed by atoms with Crippen LogP contribution >= 0.6 is 0 Å². The number of pyridine rings is 1. The van der Waals surface area contributed by atoms with Crippen LogP contribution in [0.25, 0.3) is 5.69 Å². The molecule has 2 aromatic rings. The van der Waals surface area contributed by atoms with Crippen LogP contribution in [0.1, 0.15) is 38.2 Å². The van der Waals surface area contributed by atoms with Crippen LogP contribution in [0.5, 0.6) is 5.75 Å². The number of esters is 1. The van der Waals surface area contributed by atoms with E-state index in [-0.39, 0.29) is 30.3 Å². The Balaban J connectivity index is 2.02. The summed E-state index contributed by atoms with van der Waals surface area (Å²) in [5, 5.41) is 20.9. The van der Waals surface area contributed by atoms with Gasteiger partial charge in [0, 0.05) is 42.9 Å². The molecule has 0 unspecified atom stereocenters. The van der Waals surface area contributed by atoms with Crippen molar-refractivity contribution in [1.82, 2.24) is 4.57 Å². The van der Waals surface area contributed by atoms with Gasteiger partial charge >= 0.3 is 5.97 Å². The van der Waals surface area contributed by atoms with Crippen LogP contribution in [0.3, 0.4) is 0 Å². The highest BCUT2D eigenvalue weighted by atomic mass is 16.5. The van der Waals surface area contributed by atoms with Crippen LogP contribution in [0, 0.1) is 5.92 Å². The topological polar surface area (TPSA) is 118 Å². The molecule has 1 aliphatic rings. The van der Waals surface area contributed by atoms with Gasteiger partial charge in [-0.3, -0.25) is 19.0 Å². The van der Waals surface area contributed by atoms with Crippen LogP contribution in [-0.2, 0) is 19.9 Å². The van der Waals surface area contributed by atoms with Gasteiger partial charge in [-0.05, 0) is 49.6 Å². The second kappa shape index (κ2) is 11.3. The van der Waals surface area contributed by atoms with Crippen molar-refractivity contribution in [3.05, 3.63) is 64.6 Å². The maximum Gasteiger partial charge on any atom is 0.305 e. The van der Waals surface area contributed by atoms with Crippen molar-refractivity contribution in [2.24, 2.45) is 5.92 Å². The number of ether oxygens (including phenoxy) is 2. The molecule has 2 heterocycles. The van der Waals surface area contributed by atoms with Crippen LogP contribution < -0.4 is 15.2 Å². The van der Waals surface area contributed by atoms with Crippen molar-refractivity contribution < 1.29 is 29.3 Å².